The zero-order valence-corrected chi connectivity index (χ0v) is 13.1. The molecule has 1 aliphatic heterocycles. The van der Waals surface area contributed by atoms with Gasteiger partial charge in [0.1, 0.15) is 11.5 Å². The molecule has 0 radical (unpaired) electrons. The summed E-state index contributed by atoms with van der Waals surface area (Å²) in [5.74, 6) is 2.20. The van der Waals surface area contributed by atoms with Gasteiger partial charge in [-0.1, -0.05) is 6.92 Å². The van der Waals surface area contributed by atoms with Crippen molar-refractivity contribution in [1.29, 1.82) is 0 Å². The minimum atomic E-state index is 0.698. The van der Waals surface area contributed by atoms with Crippen LogP contribution in [0.1, 0.15) is 19.8 Å². The average molecular weight is 294 g/mol. The highest BCUT2D eigenvalue weighted by molar-refractivity contribution is 7.80. The summed E-state index contributed by atoms with van der Waals surface area (Å²) in [4.78, 5) is 2.23. The van der Waals surface area contributed by atoms with Gasteiger partial charge in [0.2, 0.25) is 0 Å². The highest BCUT2D eigenvalue weighted by atomic mass is 32.1. The first-order chi connectivity index (χ1) is 9.62. The van der Waals surface area contributed by atoms with Gasteiger partial charge in [0.05, 0.1) is 14.2 Å². The highest BCUT2D eigenvalue weighted by Crippen LogP contribution is 2.26. The number of ether oxygens (including phenoxy) is 2. The van der Waals surface area contributed by atoms with Gasteiger partial charge in [0, 0.05) is 37.0 Å². The van der Waals surface area contributed by atoms with Crippen molar-refractivity contribution >= 4 is 23.0 Å². The van der Waals surface area contributed by atoms with Crippen molar-refractivity contribution in [2.75, 3.05) is 32.6 Å². The lowest BCUT2D eigenvalue weighted by atomic mass is 10.0. The number of benzene rings is 1. The Balaban J connectivity index is 2.06. The van der Waals surface area contributed by atoms with Gasteiger partial charge in [-0.3, -0.25) is 0 Å². The van der Waals surface area contributed by atoms with E-state index in [9.17, 15) is 0 Å². The Hall–Kier alpha value is -1.49. The van der Waals surface area contributed by atoms with Crippen LogP contribution in [0.25, 0.3) is 0 Å². The summed E-state index contributed by atoms with van der Waals surface area (Å²) in [7, 11) is 3.28. The molecule has 4 nitrogen and oxygen atoms in total. The minimum absolute atomic E-state index is 0.698. The molecule has 1 atom stereocenters. The van der Waals surface area contributed by atoms with E-state index in [1.54, 1.807) is 14.2 Å². The summed E-state index contributed by atoms with van der Waals surface area (Å²) in [6.07, 6.45) is 2.48. The van der Waals surface area contributed by atoms with Gasteiger partial charge in [0.15, 0.2) is 5.11 Å². The molecule has 0 spiro atoms. The first kappa shape index (κ1) is 14.9. The number of piperidine rings is 1. The summed E-state index contributed by atoms with van der Waals surface area (Å²) in [5, 5.41) is 4.05. The lowest BCUT2D eigenvalue weighted by Gasteiger charge is -2.33. The first-order valence-corrected chi connectivity index (χ1v) is 7.32. The third-order valence-corrected chi connectivity index (χ3v) is 3.91. The zero-order valence-electron chi connectivity index (χ0n) is 12.3. The number of rotatable bonds is 3. The molecule has 1 unspecified atom stereocenters. The predicted molar refractivity (Wildman–Crippen MR) is 85.7 cm³/mol. The van der Waals surface area contributed by atoms with Crippen LogP contribution in [0, 0.1) is 5.92 Å². The number of methoxy groups -OCH3 is 2. The van der Waals surface area contributed by atoms with E-state index in [0.717, 1.165) is 35.4 Å². The number of likely N-dealkylation sites (tertiary alicyclic amines) is 1. The monoisotopic (exact) mass is 294 g/mol. The maximum atomic E-state index is 5.50. The van der Waals surface area contributed by atoms with Crippen molar-refractivity contribution in [3.8, 4) is 11.5 Å². The zero-order chi connectivity index (χ0) is 14.5. The number of nitrogens with one attached hydrogen (secondary N) is 1. The molecule has 1 N–H and O–H groups in total. The molecule has 5 heteroatoms. The van der Waals surface area contributed by atoms with Gasteiger partial charge in [-0.2, -0.15) is 0 Å². The summed E-state index contributed by atoms with van der Waals surface area (Å²) in [5.41, 5.74) is 0.893. The van der Waals surface area contributed by atoms with Crippen LogP contribution < -0.4 is 14.8 Å². The van der Waals surface area contributed by atoms with Crippen LogP contribution in [-0.4, -0.2) is 37.3 Å². The summed E-state index contributed by atoms with van der Waals surface area (Å²) in [6, 6.07) is 5.68. The lowest BCUT2D eigenvalue weighted by Crippen LogP contribution is -2.41. The Morgan fingerprint density at radius 1 is 1.25 bits per heavy atom. The van der Waals surface area contributed by atoms with Crippen molar-refractivity contribution in [2.24, 2.45) is 5.92 Å². The molecule has 1 aromatic rings. The van der Waals surface area contributed by atoms with Crippen molar-refractivity contribution in [1.82, 2.24) is 4.90 Å². The van der Waals surface area contributed by atoms with E-state index in [4.69, 9.17) is 21.7 Å². The summed E-state index contributed by atoms with van der Waals surface area (Å²) >= 11 is 5.50. The Bertz CT molecular complexity index is 457. The molecule has 110 valence electrons. The molecular formula is C15H22N2O2S. The summed E-state index contributed by atoms with van der Waals surface area (Å²) < 4.78 is 10.5. The van der Waals surface area contributed by atoms with E-state index >= 15 is 0 Å². The Morgan fingerprint density at radius 3 is 2.45 bits per heavy atom. The first-order valence-electron chi connectivity index (χ1n) is 6.91. The molecule has 2 rings (SSSR count). The van der Waals surface area contributed by atoms with E-state index < -0.39 is 0 Å². The van der Waals surface area contributed by atoms with Crippen LogP contribution in [0.2, 0.25) is 0 Å². The third-order valence-electron chi connectivity index (χ3n) is 3.55. The van der Waals surface area contributed by atoms with Gasteiger partial charge in [-0.25, -0.2) is 0 Å². The van der Waals surface area contributed by atoms with Gasteiger partial charge < -0.3 is 19.7 Å². The predicted octanol–water partition coefficient (Wildman–Crippen LogP) is 3.13. The number of thiocarbonyl (C=S) groups is 1. The smallest absolute Gasteiger partial charge is 0.173 e. The number of anilines is 1. The van der Waals surface area contributed by atoms with Gasteiger partial charge in [0.25, 0.3) is 0 Å². The Kier molecular flexibility index (Phi) is 5.06. The highest BCUT2D eigenvalue weighted by Gasteiger charge is 2.18. The Labute approximate surface area is 126 Å². The van der Waals surface area contributed by atoms with Crippen LogP contribution in [0.4, 0.5) is 5.69 Å². The SMILES string of the molecule is COc1cc(NC(=S)N2CCCC(C)C2)cc(OC)c1. The second kappa shape index (κ2) is 6.79. The number of hydrogen-bond donors (Lipinski definition) is 1. The third kappa shape index (κ3) is 3.76. The van der Waals surface area contributed by atoms with Gasteiger partial charge in [-0.15, -0.1) is 0 Å². The molecule has 1 aliphatic rings. The van der Waals surface area contributed by atoms with Crippen LogP contribution in [0.5, 0.6) is 11.5 Å². The van der Waals surface area contributed by atoms with E-state index in [-0.39, 0.29) is 0 Å². The maximum Gasteiger partial charge on any atom is 0.173 e. The minimum Gasteiger partial charge on any atom is -0.497 e. The fourth-order valence-electron chi connectivity index (χ4n) is 2.46. The topological polar surface area (TPSA) is 33.7 Å². The number of hydrogen-bond acceptors (Lipinski definition) is 3. The molecule has 0 amide bonds. The molecule has 1 aromatic carbocycles. The molecular weight excluding hydrogens is 272 g/mol. The molecule has 20 heavy (non-hydrogen) atoms. The fourth-order valence-corrected chi connectivity index (χ4v) is 2.74. The second-order valence-corrected chi connectivity index (χ2v) is 5.61. The average Bonchev–Trinajstić information content (AvgIpc) is 2.46. The molecule has 0 aliphatic carbocycles. The van der Waals surface area contributed by atoms with Crippen molar-refractivity contribution in [3.63, 3.8) is 0 Å². The number of nitrogens with zero attached hydrogens (tertiary/aromatic N) is 1. The van der Waals surface area contributed by atoms with E-state index in [1.807, 2.05) is 18.2 Å². The van der Waals surface area contributed by atoms with Gasteiger partial charge >= 0.3 is 0 Å². The van der Waals surface area contributed by atoms with Crippen molar-refractivity contribution < 1.29 is 9.47 Å². The van der Waals surface area contributed by atoms with E-state index in [0.29, 0.717) is 5.92 Å². The van der Waals surface area contributed by atoms with Crippen molar-refractivity contribution in [3.05, 3.63) is 18.2 Å². The summed E-state index contributed by atoms with van der Waals surface area (Å²) in [6.45, 7) is 4.31. The van der Waals surface area contributed by atoms with E-state index in [2.05, 4.69) is 17.1 Å². The lowest BCUT2D eigenvalue weighted by molar-refractivity contribution is 0.276. The Morgan fingerprint density at radius 2 is 1.90 bits per heavy atom. The molecule has 0 bridgehead atoms. The van der Waals surface area contributed by atoms with Crippen LogP contribution >= 0.6 is 12.2 Å². The molecule has 1 fully saturated rings. The standard InChI is InChI=1S/C15H22N2O2S/c1-11-5-4-6-17(10-11)15(20)16-12-7-13(18-2)9-14(8-12)19-3/h7-9,11H,4-6,10H2,1-3H3,(H,16,20). The van der Waals surface area contributed by atoms with Crippen LogP contribution in [-0.2, 0) is 0 Å². The quantitative estimate of drug-likeness (QED) is 0.866. The molecule has 1 saturated heterocycles. The van der Waals surface area contributed by atoms with E-state index in [1.165, 1.54) is 12.8 Å². The van der Waals surface area contributed by atoms with Crippen LogP contribution in [0.3, 0.4) is 0 Å². The van der Waals surface area contributed by atoms with Crippen LogP contribution in [0.15, 0.2) is 18.2 Å². The van der Waals surface area contributed by atoms with Gasteiger partial charge in [-0.05, 0) is 31.0 Å². The molecule has 0 saturated carbocycles. The fraction of sp³-hybridized carbons (Fsp3) is 0.533. The normalized spacial score (nSPS) is 18.6. The molecule has 1 heterocycles. The largest absolute Gasteiger partial charge is 0.497 e. The maximum absolute atomic E-state index is 5.50. The second-order valence-electron chi connectivity index (χ2n) is 5.22. The van der Waals surface area contributed by atoms with Crippen molar-refractivity contribution in [2.45, 2.75) is 19.8 Å². The molecule has 0 aromatic heterocycles.